The average Bonchev–Trinajstić information content (AvgIpc) is 2.23. The van der Waals surface area contributed by atoms with Crippen molar-refractivity contribution in [3.8, 4) is 0 Å². The molecule has 0 atom stereocenters. The van der Waals surface area contributed by atoms with Gasteiger partial charge in [-0.05, 0) is 12.1 Å². The Morgan fingerprint density at radius 1 is 1.41 bits per heavy atom. The zero-order valence-corrected chi connectivity index (χ0v) is 8.74. The van der Waals surface area contributed by atoms with Crippen LogP contribution < -0.4 is 5.73 Å². The molecule has 0 radical (unpaired) electrons. The molecule has 0 unspecified atom stereocenters. The normalized spacial score (nSPS) is 16.8. The third-order valence-electron chi connectivity index (χ3n) is 2.50. The van der Waals surface area contributed by atoms with Crippen molar-refractivity contribution in [3.05, 3.63) is 29.6 Å². The number of carbonyl (C=O) groups is 1. The van der Waals surface area contributed by atoms with Crippen LogP contribution in [0.15, 0.2) is 18.3 Å². The third-order valence-corrected chi connectivity index (χ3v) is 2.50. The molecule has 1 aromatic heterocycles. The van der Waals surface area contributed by atoms with E-state index >= 15 is 0 Å². The number of likely N-dealkylation sites (tertiary alicyclic amines) is 1. The van der Waals surface area contributed by atoms with Gasteiger partial charge in [-0.1, -0.05) is 0 Å². The van der Waals surface area contributed by atoms with Crippen molar-refractivity contribution in [2.75, 3.05) is 13.1 Å². The van der Waals surface area contributed by atoms with Gasteiger partial charge in [0.05, 0.1) is 5.56 Å². The molecule has 0 aliphatic carbocycles. The molecule has 0 aromatic carbocycles. The molecule has 92 valence electrons. The largest absolute Gasteiger partial charge is 0.433 e. The number of halogens is 3. The molecular weight excluding hydrogens is 235 g/mol. The Balaban J connectivity index is 2.10. The van der Waals surface area contributed by atoms with Gasteiger partial charge in [-0.25, -0.2) is 0 Å². The van der Waals surface area contributed by atoms with E-state index in [2.05, 4.69) is 4.98 Å². The SMILES string of the molecule is NC1CN(C(=O)c2ccc(C(F)(F)F)nc2)C1. The maximum atomic E-state index is 12.2. The second-order valence-corrected chi connectivity index (χ2v) is 3.90. The van der Waals surface area contributed by atoms with Crippen LogP contribution in [0.4, 0.5) is 13.2 Å². The number of pyridine rings is 1. The molecule has 0 saturated carbocycles. The minimum absolute atomic E-state index is 0.0404. The van der Waals surface area contributed by atoms with Gasteiger partial charge in [-0.2, -0.15) is 13.2 Å². The maximum Gasteiger partial charge on any atom is 0.433 e. The van der Waals surface area contributed by atoms with Gasteiger partial charge < -0.3 is 10.6 Å². The van der Waals surface area contributed by atoms with Gasteiger partial charge in [-0.3, -0.25) is 9.78 Å². The van der Waals surface area contributed by atoms with Gasteiger partial charge >= 0.3 is 6.18 Å². The molecule has 0 spiro atoms. The van der Waals surface area contributed by atoms with Crippen molar-refractivity contribution >= 4 is 5.91 Å². The molecule has 2 N–H and O–H groups in total. The smallest absolute Gasteiger partial charge is 0.335 e. The van der Waals surface area contributed by atoms with E-state index in [1.807, 2.05) is 0 Å². The Morgan fingerprint density at radius 3 is 2.47 bits per heavy atom. The van der Waals surface area contributed by atoms with Crippen LogP contribution in [-0.2, 0) is 6.18 Å². The van der Waals surface area contributed by atoms with Crippen LogP contribution >= 0.6 is 0 Å². The van der Waals surface area contributed by atoms with Crippen molar-refractivity contribution in [1.29, 1.82) is 0 Å². The van der Waals surface area contributed by atoms with Gasteiger partial charge in [0.1, 0.15) is 5.69 Å². The van der Waals surface area contributed by atoms with Gasteiger partial charge in [-0.15, -0.1) is 0 Å². The Morgan fingerprint density at radius 2 is 2.06 bits per heavy atom. The summed E-state index contributed by atoms with van der Waals surface area (Å²) < 4.78 is 36.7. The van der Waals surface area contributed by atoms with E-state index in [0.29, 0.717) is 13.1 Å². The molecule has 4 nitrogen and oxygen atoms in total. The summed E-state index contributed by atoms with van der Waals surface area (Å²) in [6.07, 6.45) is -3.55. The molecule has 2 heterocycles. The lowest BCUT2D eigenvalue weighted by Crippen LogP contribution is -2.57. The standard InChI is InChI=1S/C10H10F3N3O/c11-10(12,13)8-2-1-6(3-15-8)9(17)16-4-7(14)5-16/h1-3,7H,4-5,14H2. The van der Waals surface area contributed by atoms with Crippen LogP contribution in [-0.4, -0.2) is 34.9 Å². The van der Waals surface area contributed by atoms with Crippen molar-refractivity contribution in [2.45, 2.75) is 12.2 Å². The Bertz CT molecular complexity index is 423. The Labute approximate surface area is 95.2 Å². The summed E-state index contributed by atoms with van der Waals surface area (Å²) in [5.74, 6) is -0.340. The fourth-order valence-corrected chi connectivity index (χ4v) is 1.55. The van der Waals surface area contributed by atoms with E-state index in [0.717, 1.165) is 18.3 Å². The van der Waals surface area contributed by atoms with Crippen molar-refractivity contribution in [3.63, 3.8) is 0 Å². The van der Waals surface area contributed by atoms with Gasteiger partial charge in [0, 0.05) is 25.3 Å². The molecule has 1 amide bonds. The summed E-state index contributed by atoms with van der Waals surface area (Å²) in [5, 5.41) is 0. The van der Waals surface area contributed by atoms with Crippen LogP contribution in [0.1, 0.15) is 16.1 Å². The molecular formula is C10H10F3N3O. The molecule has 1 saturated heterocycles. The first-order valence-electron chi connectivity index (χ1n) is 4.96. The lowest BCUT2D eigenvalue weighted by Gasteiger charge is -2.36. The number of aromatic nitrogens is 1. The summed E-state index contributed by atoms with van der Waals surface area (Å²) >= 11 is 0. The van der Waals surface area contributed by atoms with Crippen LogP contribution in [0.5, 0.6) is 0 Å². The topological polar surface area (TPSA) is 59.2 Å². The van der Waals surface area contributed by atoms with E-state index in [1.165, 1.54) is 4.90 Å². The highest BCUT2D eigenvalue weighted by molar-refractivity contribution is 5.94. The predicted octanol–water partition coefficient (Wildman–Crippen LogP) is 0.883. The van der Waals surface area contributed by atoms with Crippen LogP contribution in [0, 0.1) is 0 Å². The molecule has 7 heteroatoms. The third kappa shape index (κ3) is 2.38. The van der Waals surface area contributed by atoms with Crippen LogP contribution in [0.2, 0.25) is 0 Å². The molecule has 17 heavy (non-hydrogen) atoms. The number of hydrogen-bond donors (Lipinski definition) is 1. The number of amides is 1. The summed E-state index contributed by atoms with van der Waals surface area (Å²) in [5.41, 5.74) is 4.65. The minimum atomic E-state index is -4.49. The lowest BCUT2D eigenvalue weighted by molar-refractivity contribution is -0.141. The Hall–Kier alpha value is -1.63. The zero-order valence-electron chi connectivity index (χ0n) is 8.74. The summed E-state index contributed by atoms with van der Waals surface area (Å²) in [4.78, 5) is 16.4. The quantitative estimate of drug-likeness (QED) is 0.799. The summed E-state index contributed by atoms with van der Waals surface area (Å²) in [6, 6.07) is 1.89. The van der Waals surface area contributed by atoms with E-state index in [9.17, 15) is 18.0 Å². The number of carbonyl (C=O) groups excluding carboxylic acids is 1. The monoisotopic (exact) mass is 245 g/mol. The molecule has 1 aromatic rings. The van der Waals surface area contributed by atoms with Crippen molar-refractivity contribution in [2.24, 2.45) is 5.73 Å². The van der Waals surface area contributed by atoms with Crippen LogP contribution in [0.25, 0.3) is 0 Å². The van der Waals surface area contributed by atoms with E-state index in [4.69, 9.17) is 5.73 Å². The minimum Gasteiger partial charge on any atom is -0.335 e. The number of alkyl halides is 3. The van der Waals surface area contributed by atoms with E-state index in [-0.39, 0.29) is 17.5 Å². The highest BCUT2D eigenvalue weighted by Crippen LogP contribution is 2.27. The summed E-state index contributed by atoms with van der Waals surface area (Å²) in [7, 11) is 0. The first kappa shape index (κ1) is 11.8. The van der Waals surface area contributed by atoms with Crippen molar-refractivity contribution in [1.82, 2.24) is 9.88 Å². The maximum absolute atomic E-state index is 12.2. The predicted molar refractivity (Wildman–Crippen MR) is 53.1 cm³/mol. The van der Waals surface area contributed by atoms with Crippen LogP contribution in [0.3, 0.4) is 0 Å². The Kier molecular flexibility index (Phi) is 2.78. The zero-order chi connectivity index (χ0) is 12.6. The fourth-order valence-electron chi connectivity index (χ4n) is 1.55. The molecule has 1 aliphatic heterocycles. The van der Waals surface area contributed by atoms with E-state index in [1.54, 1.807) is 0 Å². The molecule has 1 aliphatic rings. The molecule has 1 fully saturated rings. The van der Waals surface area contributed by atoms with Crippen molar-refractivity contribution < 1.29 is 18.0 Å². The average molecular weight is 245 g/mol. The summed E-state index contributed by atoms with van der Waals surface area (Å²) in [6.45, 7) is 0.861. The second kappa shape index (κ2) is 3.99. The number of nitrogens with two attached hydrogens (primary N) is 1. The molecule has 2 rings (SSSR count). The van der Waals surface area contributed by atoms with Gasteiger partial charge in [0.2, 0.25) is 0 Å². The number of nitrogens with zero attached hydrogens (tertiary/aromatic N) is 2. The second-order valence-electron chi connectivity index (χ2n) is 3.90. The highest BCUT2D eigenvalue weighted by Gasteiger charge is 2.33. The first-order valence-corrected chi connectivity index (χ1v) is 4.96. The number of rotatable bonds is 1. The lowest BCUT2D eigenvalue weighted by atomic mass is 10.1. The fraction of sp³-hybridized carbons (Fsp3) is 0.400. The highest BCUT2D eigenvalue weighted by atomic mass is 19.4. The van der Waals surface area contributed by atoms with Gasteiger partial charge in [0.25, 0.3) is 5.91 Å². The van der Waals surface area contributed by atoms with E-state index < -0.39 is 11.9 Å². The first-order chi connectivity index (χ1) is 7.88. The number of hydrogen-bond acceptors (Lipinski definition) is 3. The molecule has 0 bridgehead atoms. The van der Waals surface area contributed by atoms with Gasteiger partial charge in [0.15, 0.2) is 0 Å².